The van der Waals surface area contributed by atoms with Gasteiger partial charge in [0.15, 0.2) is 5.78 Å². The van der Waals surface area contributed by atoms with Crippen molar-refractivity contribution in [2.45, 2.75) is 134 Å². The number of nitrogens with one attached hydrogen (secondary N) is 3. The number of rotatable bonds is 16. The minimum atomic E-state index is -3.94. The Labute approximate surface area is 327 Å². The van der Waals surface area contributed by atoms with Crippen LogP contribution in [0.1, 0.15) is 104 Å². The minimum absolute atomic E-state index is 0.0379. The number of allylic oxidation sites excluding steroid dienone is 2. The summed E-state index contributed by atoms with van der Waals surface area (Å²) in [7, 11) is -3.94. The zero-order valence-electron chi connectivity index (χ0n) is 32.7. The van der Waals surface area contributed by atoms with Gasteiger partial charge in [0.25, 0.3) is 5.91 Å². The van der Waals surface area contributed by atoms with Gasteiger partial charge in [0.05, 0.1) is 24.9 Å². The monoisotopic (exact) mass is 803 g/mol. The van der Waals surface area contributed by atoms with Gasteiger partial charge in [-0.05, 0) is 61.1 Å². The largest absolute Gasteiger partial charge is 0.450 e. The molecule has 0 bridgehead atoms. The van der Waals surface area contributed by atoms with E-state index in [4.69, 9.17) is 9.47 Å². The molecule has 1 aromatic rings. The van der Waals surface area contributed by atoms with E-state index in [0.29, 0.717) is 36.8 Å². The van der Waals surface area contributed by atoms with Gasteiger partial charge < -0.3 is 25.0 Å². The fourth-order valence-electron chi connectivity index (χ4n) is 7.06. The van der Waals surface area contributed by atoms with E-state index in [1.807, 2.05) is 27.7 Å². The lowest BCUT2D eigenvalue weighted by Crippen LogP contribution is -2.58. The van der Waals surface area contributed by atoms with Gasteiger partial charge in [-0.25, -0.2) is 22.4 Å². The number of ether oxygens (including phenoxy) is 2. The van der Waals surface area contributed by atoms with Crippen LogP contribution in [-0.4, -0.2) is 96.0 Å². The normalized spacial score (nSPS) is 23.6. The van der Waals surface area contributed by atoms with Gasteiger partial charge in [-0.15, -0.1) is 0 Å². The Morgan fingerprint density at radius 2 is 1.82 bits per heavy atom. The fraction of sp³-hybridized carbons (Fsp3) is 0.641. The van der Waals surface area contributed by atoms with Crippen molar-refractivity contribution in [3.63, 3.8) is 0 Å². The molecular weight excluding hydrogens is 750 g/mol. The van der Waals surface area contributed by atoms with Crippen molar-refractivity contribution in [3.8, 4) is 0 Å². The Kier molecular flexibility index (Phi) is 13.2. The molecule has 2 aliphatic carbocycles. The minimum Gasteiger partial charge on any atom is -0.450 e. The van der Waals surface area contributed by atoms with Gasteiger partial charge in [0, 0.05) is 24.9 Å². The van der Waals surface area contributed by atoms with E-state index in [1.165, 1.54) is 17.0 Å². The molecule has 308 valence electrons. The molecule has 0 aromatic heterocycles. The molecule has 0 spiro atoms. The standard InChI is InChI=1S/C39H54FN5O10S/c1-6-8-18-54-36(50)41-31(15-12-26(46)16-17-38(3,4)5)34(48)45-22-27(55-37(51)44-21-24-10-9-11-30(40)29(24)23-44)19-32(45)33(47)42-39(20-25(39)7-2)35(49)43-56(52,53)28-13-14-28/h9-11,16-17,25,27-28,31-32H,6-8,12-15,18-23H2,1-5H3,(H,41,50)(H,42,47)(H,43,49)/b17-16+/t25-,27-,31-,32-,39-/m0/s1. The quantitative estimate of drug-likeness (QED) is 0.162. The maximum Gasteiger partial charge on any atom is 0.410 e. The van der Waals surface area contributed by atoms with Crippen molar-refractivity contribution in [3.05, 3.63) is 47.3 Å². The Morgan fingerprint density at radius 3 is 2.45 bits per heavy atom. The molecule has 1 aromatic carbocycles. The zero-order chi connectivity index (χ0) is 41.0. The van der Waals surface area contributed by atoms with E-state index in [2.05, 4.69) is 15.4 Å². The van der Waals surface area contributed by atoms with Gasteiger partial charge >= 0.3 is 12.2 Å². The van der Waals surface area contributed by atoms with Gasteiger partial charge in [-0.2, -0.15) is 0 Å². The average Bonchev–Trinajstić information content (AvgIpc) is 4.02. The third-order valence-corrected chi connectivity index (χ3v) is 12.4. The highest BCUT2D eigenvalue weighted by Crippen LogP contribution is 2.47. The number of hydrogen-bond donors (Lipinski definition) is 3. The van der Waals surface area contributed by atoms with E-state index >= 15 is 0 Å². The van der Waals surface area contributed by atoms with E-state index in [1.54, 1.807) is 25.1 Å². The van der Waals surface area contributed by atoms with Crippen LogP contribution in [0.25, 0.3) is 0 Å². The number of amides is 5. The average molecular weight is 804 g/mol. The van der Waals surface area contributed by atoms with Crippen LogP contribution >= 0.6 is 0 Å². The van der Waals surface area contributed by atoms with Crippen LogP contribution in [0.5, 0.6) is 0 Å². The highest BCUT2D eigenvalue weighted by Gasteiger charge is 2.62. The summed E-state index contributed by atoms with van der Waals surface area (Å²) in [6.45, 7) is 9.34. The number of fused-ring (bicyclic) bond motifs is 1. The number of carbonyl (C=O) groups is 6. The van der Waals surface area contributed by atoms with E-state index in [0.717, 1.165) is 11.3 Å². The summed E-state index contributed by atoms with van der Waals surface area (Å²) in [5, 5.41) is 4.62. The molecule has 5 atom stereocenters. The molecule has 0 radical (unpaired) electrons. The first-order chi connectivity index (χ1) is 26.4. The highest BCUT2D eigenvalue weighted by atomic mass is 32.2. The van der Waals surface area contributed by atoms with E-state index in [9.17, 15) is 41.6 Å². The zero-order valence-corrected chi connectivity index (χ0v) is 33.5. The van der Waals surface area contributed by atoms with Crippen LogP contribution in [0.2, 0.25) is 0 Å². The summed E-state index contributed by atoms with van der Waals surface area (Å²) in [4.78, 5) is 83.7. The van der Waals surface area contributed by atoms with Gasteiger partial charge in [-0.3, -0.25) is 28.8 Å². The Hall–Kier alpha value is -4.54. The van der Waals surface area contributed by atoms with E-state index < -0.39 is 74.7 Å². The SMILES string of the molecule is CCCCOC(=O)N[C@@H](CCC(=O)/C=C/C(C)(C)C)C(=O)N1C[C@@H](OC(=O)N2Cc3cccc(F)c3C2)C[C@H]1C(=O)N[C@@]1(C(=O)NS(=O)(=O)C2CC2)C[C@@H]1CC. The Balaban J connectivity index is 1.38. The lowest BCUT2D eigenvalue weighted by molar-refractivity contribution is -0.141. The number of likely N-dealkylation sites (tertiary alicyclic amines) is 1. The van der Waals surface area contributed by atoms with Gasteiger partial charge in [0.1, 0.15) is 29.5 Å². The van der Waals surface area contributed by atoms with Crippen LogP contribution in [0.15, 0.2) is 30.4 Å². The number of halogens is 1. The van der Waals surface area contributed by atoms with Crippen LogP contribution in [0, 0.1) is 17.2 Å². The predicted molar refractivity (Wildman–Crippen MR) is 201 cm³/mol. The second kappa shape index (κ2) is 17.3. The third-order valence-electron chi connectivity index (χ3n) is 10.6. The van der Waals surface area contributed by atoms with Crippen LogP contribution in [-0.2, 0) is 51.8 Å². The van der Waals surface area contributed by atoms with Gasteiger partial charge in [0.2, 0.25) is 21.8 Å². The summed E-state index contributed by atoms with van der Waals surface area (Å²) in [5.41, 5.74) is -0.847. The lowest BCUT2D eigenvalue weighted by atomic mass is 9.95. The van der Waals surface area contributed by atoms with Crippen LogP contribution in [0.3, 0.4) is 0 Å². The van der Waals surface area contributed by atoms with Crippen LogP contribution < -0.4 is 15.4 Å². The number of hydrogen-bond acceptors (Lipinski definition) is 10. The number of benzene rings is 1. The number of unbranched alkanes of at least 4 members (excludes halogenated alkanes) is 1. The number of alkyl carbamates (subject to hydrolysis) is 1. The first kappa shape index (κ1) is 42.6. The summed E-state index contributed by atoms with van der Waals surface area (Å²) in [5.74, 6) is -3.53. The maximum absolute atomic E-state index is 14.5. The molecule has 2 saturated carbocycles. The molecule has 56 heavy (non-hydrogen) atoms. The molecule has 5 rings (SSSR count). The summed E-state index contributed by atoms with van der Waals surface area (Å²) in [6, 6.07) is 1.89. The smallest absolute Gasteiger partial charge is 0.410 e. The molecule has 2 aliphatic heterocycles. The molecular formula is C39H54FN5O10S. The summed E-state index contributed by atoms with van der Waals surface area (Å²) >= 11 is 0. The fourth-order valence-corrected chi connectivity index (χ4v) is 8.43. The molecule has 4 aliphatic rings. The van der Waals surface area contributed by atoms with Crippen molar-refractivity contribution in [1.29, 1.82) is 0 Å². The van der Waals surface area contributed by atoms with E-state index in [-0.39, 0.29) is 69.0 Å². The third kappa shape index (κ3) is 10.4. The predicted octanol–water partition coefficient (Wildman–Crippen LogP) is 3.99. The number of ketones is 1. The van der Waals surface area contributed by atoms with Crippen molar-refractivity contribution < 1.29 is 51.0 Å². The number of carbonyl (C=O) groups excluding carboxylic acids is 6. The molecule has 0 unspecified atom stereocenters. The molecule has 15 nitrogen and oxygen atoms in total. The van der Waals surface area contributed by atoms with Crippen LogP contribution in [0.4, 0.5) is 14.0 Å². The first-order valence-electron chi connectivity index (χ1n) is 19.4. The maximum atomic E-state index is 14.5. The van der Waals surface area contributed by atoms with Crippen molar-refractivity contribution >= 4 is 45.7 Å². The summed E-state index contributed by atoms with van der Waals surface area (Å²) < 4.78 is 53.1. The molecule has 3 fully saturated rings. The Morgan fingerprint density at radius 1 is 1.09 bits per heavy atom. The molecule has 3 N–H and O–H groups in total. The lowest BCUT2D eigenvalue weighted by Gasteiger charge is -2.29. The van der Waals surface area contributed by atoms with Crippen molar-refractivity contribution in [2.75, 3.05) is 13.2 Å². The molecule has 5 amide bonds. The number of nitrogens with zero attached hydrogens (tertiary/aromatic N) is 2. The van der Waals surface area contributed by atoms with Crippen molar-refractivity contribution in [1.82, 2.24) is 25.2 Å². The molecule has 1 saturated heterocycles. The summed E-state index contributed by atoms with van der Waals surface area (Å²) in [6.07, 6.45) is 2.74. The first-order valence-corrected chi connectivity index (χ1v) is 21.0. The highest BCUT2D eigenvalue weighted by molar-refractivity contribution is 7.91. The second-order valence-electron chi connectivity index (χ2n) is 16.3. The molecule has 17 heteroatoms. The second-order valence-corrected chi connectivity index (χ2v) is 18.3. The molecule has 2 heterocycles. The topological polar surface area (TPSA) is 198 Å². The van der Waals surface area contributed by atoms with Gasteiger partial charge in [-0.1, -0.05) is 65.7 Å². The Bertz CT molecular complexity index is 1840. The van der Waals surface area contributed by atoms with Crippen molar-refractivity contribution in [2.24, 2.45) is 11.3 Å². The number of sulfonamides is 1.